The number of nitrogens with zero attached hydrogens (tertiary/aromatic N) is 1. The van der Waals surface area contributed by atoms with Crippen LogP contribution in [0.15, 0.2) is 42.7 Å². The number of methoxy groups -OCH3 is 1. The van der Waals surface area contributed by atoms with Crippen molar-refractivity contribution in [1.82, 2.24) is 4.98 Å². The van der Waals surface area contributed by atoms with Crippen molar-refractivity contribution in [2.75, 3.05) is 12.4 Å². The van der Waals surface area contributed by atoms with Crippen molar-refractivity contribution in [3.8, 4) is 0 Å². The minimum Gasteiger partial charge on any atom is -0.465 e. The van der Waals surface area contributed by atoms with Crippen LogP contribution in [0.5, 0.6) is 0 Å². The van der Waals surface area contributed by atoms with Gasteiger partial charge in [0.05, 0.1) is 23.3 Å². The molecule has 20 heavy (non-hydrogen) atoms. The zero-order chi connectivity index (χ0) is 14.5. The van der Waals surface area contributed by atoms with Crippen LogP contribution in [0.3, 0.4) is 0 Å². The van der Waals surface area contributed by atoms with Crippen LogP contribution >= 0.6 is 11.6 Å². The van der Waals surface area contributed by atoms with Gasteiger partial charge in [-0.05, 0) is 24.3 Å². The fourth-order valence-corrected chi connectivity index (χ4v) is 1.80. The standard InChI is InChI=1S/C14H11ClN2O3/c1-20-14(19)9-3-2-4-10(7-9)17-13(18)11-5-6-16-8-12(11)15/h2-8H,1H3,(H,17,18). The minimum atomic E-state index is -0.469. The SMILES string of the molecule is COC(=O)c1cccc(NC(=O)c2ccncc2Cl)c1. The Morgan fingerprint density at radius 2 is 2.10 bits per heavy atom. The van der Waals surface area contributed by atoms with Gasteiger partial charge in [0.2, 0.25) is 0 Å². The smallest absolute Gasteiger partial charge is 0.337 e. The van der Waals surface area contributed by atoms with Gasteiger partial charge < -0.3 is 10.1 Å². The van der Waals surface area contributed by atoms with E-state index >= 15 is 0 Å². The molecule has 1 heterocycles. The second-order valence-corrected chi connectivity index (χ2v) is 4.29. The van der Waals surface area contributed by atoms with E-state index in [1.165, 1.54) is 31.6 Å². The topological polar surface area (TPSA) is 68.3 Å². The summed E-state index contributed by atoms with van der Waals surface area (Å²) in [6.07, 6.45) is 2.87. The summed E-state index contributed by atoms with van der Waals surface area (Å²) in [5, 5.41) is 2.92. The van der Waals surface area contributed by atoms with Crippen LogP contribution in [0.4, 0.5) is 5.69 Å². The van der Waals surface area contributed by atoms with E-state index in [1.807, 2.05) is 0 Å². The van der Waals surface area contributed by atoms with Gasteiger partial charge in [-0.25, -0.2) is 4.79 Å². The minimum absolute atomic E-state index is 0.258. The van der Waals surface area contributed by atoms with Crippen LogP contribution in [-0.4, -0.2) is 24.0 Å². The molecule has 6 heteroatoms. The number of benzene rings is 1. The van der Waals surface area contributed by atoms with Gasteiger partial charge in [-0.15, -0.1) is 0 Å². The van der Waals surface area contributed by atoms with E-state index in [4.69, 9.17) is 11.6 Å². The largest absolute Gasteiger partial charge is 0.465 e. The number of nitrogens with one attached hydrogen (secondary N) is 1. The second-order valence-electron chi connectivity index (χ2n) is 3.88. The lowest BCUT2D eigenvalue weighted by molar-refractivity contribution is 0.0600. The molecule has 1 aromatic carbocycles. The van der Waals surface area contributed by atoms with Gasteiger partial charge >= 0.3 is 5.97 Å². The molecule has 1 N–H and O–H groups in total. The summed E-state index contributed by atoms with van der Waals surface area (Å²) in [6.45, 7) is 0. The normalized spacial score (nSPS) is 9.90. The van der Waals surface area contributed by atoms with Crippen LogP contribution in [0.2, 0.25) is 5.02 Å². The average molecular weight is 291 g/mol. The van der Waals surface area contributed by atoms with Crippen molar-refractivity contribution < 1.29 is 14.3 Å². The van der Waals surface area contributed by atoms with E-state index in [9.17, 15) is 9.59 Å². The number of pyridine rings is 1. The van der Waals surface area contributed by atoms with Crippen molar-refractivity contribution in [3.05, 3.63) is 58.9 Å². The third-order valence-corrected chi connectivity index (χ3v) is 2.86. The number of hydrogen-bond acceptors (Lipinski definition) is 4. The maximum absolute atomic E-state index is 12.0. The number of carbonyl (C=O) groups is 2. The van der Waals surface area contributed by atoms with Crippen molar-refractivity contribution in [2.24, 2.45) is 0 Å². The van der Waals surface area contributed by atoms with Crippen LogP contribution in [0.25, 0.3) is 0 Å². The van der Waals surface area contributed by atoms with Crippen LogP contribution in [0, 0.1) is 0 Å². The molecule has 0 radical (unpaired) electrons. The van der Waals surface area contributed by atoms with Gasteiger partial charge in [0, 0.05) is 18.1 Å². The molecule has 0 spiro atoms. The van der Waals surface area contributed by atoms with Crippen molar-refractivity contribution in [3.63, 3.8) is 0 Å². The highest BCUT2D eigenvalue weighted by molar-refractivity contribution is 6.34. The van der Waals surface area contributed by atoms with Gasteiger partial charge in [0.15, 0.2) is 0 Å². The highest BCUT2D eigenvalue weighted by atomic mass is 35.5. The zero-order valence-corrected chi connectivity index (χ0v) is 11.3. The van der Waals surface area contributed by atoms with E-state index in [-0.39, 0.29) is 10.9 Å². The van der Waals surface area contributed by atoms with Crippen LogP contribution in [0.1, 0.15) is 20.7 Å². The fourth-order valence-electron chi connectivity index (χ4n) is 1.60. The van der Waals surface area contributed by atoms with Crippen molar-refractivity contribution >= 4 is 29.2 Å². The highest BCUT2D eigenvalue weighted by Crippen LogP contribution is 2.17. The van der Waals surface area contributed by atoms with E-state index < -0.39 is 5.97 Å². The number of rotatable bonds is 3. The first kappa shape index (κ1) is 14.0. The number of aromatic nitrogens is 1. The summed E-state index contributed by atoms with van der Waals surface area (Å²) in [5.41, 5.74) is 1.14. The maximum atomic E-state index is 12.0. The first-order chi connectivity index (χ1) is 9.61. The zero-order valence-electron chi connectivity index (χ0n) is 10.6. The lowest BCUT2D eigenvalue weighted by Crippen LogP contribution is -2.13. The third kappa shape index (κ3) is 3.13. The number of halogens is 1. The number of anilines is 1. The number of ether oxygens (including phenoxy) is 1. The molecule has 1 aromatic heterocycles. The van der Waals surface area contributed by atoms with Crippen molar-refractivity contribution in [2.45, 2.75) is 0 Å². The summed E-state index contributed by atoms with van der Waals surface area (Å²) < 4.78 is 4.62. The third-order valence-electron chi connectivity index (χ3n) is 2.56. The second kappa shape index (κ2) is 6.16. The molecule has 0 unspecified atom stereocenters. The average Bonchev–Trinajstić information content (AvgIpc) is 2.47. The number of esters is 1. The molecule has 102 valence electrons. The summed E-state index contributed by atoms with van der Waals surface area (Å²) >= 11 is 5.89. The summed E-state index contributed by atoms with van der Waals surface area (Å²) in [6, 6.07) is 7.96. The number of hydrogen-bond donors (Lipinski definition) is 1. The van der Waals surface area contributed by atoms with Gasteiger partial charge in [-0.1, -0.05) is 17.7 Å². The molecule has 0 aliphatic heterocycles. The molecule has 0 saturated carbocycles. The molecule has 0 saturated heterocycles. The van der Waals surface area contributed by atoms with Crippen LogP contribution < -0.4 is 5.32 Å². The molecular weight excluding hydrogens is 280 g/mol. The molecule has 0 bridgehead atoms. The van der Waals surface area contributed by atoms with Crippen LogP contribution in [-0.2, 0) is 4.74 Å². The molecule has 0 aliphatic rings. The maximum Gasteiger partial charge on any atom is 0.337 e. The van der Waals surface area contributed by atoms with Gasteiger partial charge in [-0.3, -0.25) is 9.78 Å². The first-order valence-electron chi connectivity index (χ1n) is 5.71. The summed E-state index contributed by atoms with van der Waals surface area (Å²) in [7, 11) is 1.30. The van der Waals surface area contributed by atoms with E-state index in [0.717, 1.165) is 0 Å². The Balaban J connectivity index is 2.20. The monoisotopic (exact) mass is 290 g/mol. The predicted octanol–water partition coefficient (Wildman–Crippen LogP) is 2.77. The molecule has 2 aromatic rings. The Kier molecular flexibility index (Phi) is 4.32. The summed E-state index contributed by atoms with van der Waals surface area (Å²) in [5.74, 6) is -0.845. The fraction of sp³-hybridized carbons (Fsp3) is 0.0714. The first-order valence-corrected chi connectivity index (χ1v) is 6.09. The Bertz CT molecular complexity index is 658. The van der Waals surface area contributed by atoms with Gasteiger partial charge in [0.1, 0.15) is 0 Å². The highest BCUT2D eigenvalue weighted by Gasteiger charge is 2.11. The molecule has 0 fully saturated rings. The van der Waals surface area contributed by atoms with E-state index in [1.54, 1.807) is 18.2 Å². The predicted molar refractivity (Wildman–Crippen MR) is 75.0 cm³/mol. The number of carbonyl (C=O) groups excluding carboxylic acids is 2. The molecule has 2 rings (SSSR count). The lowest BCUT2D eigenvalue weighted by atomic mass is 10.2. The lowest BCUT2D eigenvalue weighted by Gasteiger charge is -2.07. The Hall–Kier alpha value is -2.40. The van der Waals surface area contributed by atoms with E-state index in [0.29, 0.717) is 16.8 Å². The Morgan fingerprint density at radius 1 is 1.30 bits per heavy atom. The summed E-state index contributed by atoms with van der Waals surface area (Å²) in [4.78, 5) is 27.3. The quantitative estimate of drug-likeness (QED) is 0.883. The Morgan fingerprint density at radius 3 is 2.80 bits per heavy atom. The van der Waals surface area contributed by atoms with Gasteiger partial charge in [0.25, 0.3) is 5.91 Å². The molecule has 5 nitrogen and oxygen atoms in total. The molecule has 1 amide bonds. The van der Waals surface area contributed by atoms with Crippen molar-refractivity contribution in [1.29, 1.82) is 0 Å². The Labute approximate surface area is 120 Å². The molecule has 0 atom stereocenters. The van der Waals surface area contributed by atoms with Gasteiger partial charge in [-0.2, -0.15) is 0 Å². The van der Waals surface area contributed by atoms with E-state index in [2.05, 4.69) is 15.0 Å². The number of amides is 1. The molecule has 0 aliphatic carbocycles. The molecular formula is C14H11ClN2O3.